The van der Waals surface area contributed by atoms with Crippen LogP contribution in [-0.2, 0) is 0 Å². The first-order chi connectivity index (χ1) is 6.31. The van der Waals surface area contributed by atoms with Crippen molar-refractivity contribution in [2.24, 2.45) is 4.99 Å². The zero-order valence-corrected chi connectivity index (χ0v) is 6.84. The predicted molar refractivity (Wildman–Crippen MR) is 49.1 cm³/mol. The molecule has 0 unspecified atom stereocenters. The van der Waals surface area contributed by atoms with Crippen LogP contribution < -0.4 is 0 Å². The van der Waals surface area contributed by atoms with Crippen LogP contribution in [0.5, 0.6) is 0 Å². The summed E-state index contributed by atoms with van der Waals surface area (Å²) in [7, 11) is 0. The molecule has 0 saturated heterocycles. The van der Waals surface area contributed by atoms with Crippen LogP contribution in [0.3, 0.4) is 0 Å². The van der Waals surface area contributed by atoms with Gasteiger partial charge in [0.1, 0.15) is 0 Å². The molecule has 0 aliphatic rings. The molecule has 0 N–H and O–H groups in total. The molecule has 0 saturated carbocycles. The Morgan fingerprint density at radius 2 is 2.38 bits per heavy atom. The van der Waals surface area contributed by atoms with Crippen molar-refractivity contribution in [1.29, 1.82) is 0 Å². The summed E-state index contributed by atoms with van der Waals surface area (Å²) in [6, 6.07) is 7.27. The maximum absolute atomic E-state index is 11.1. The minimum Gasteiger partial charge on any atom is -0.265 e. The van der Waals surface area contributed by atoms with Gasteiger partial charge in [-0.15, -0.1) is 0 Å². The van der Waals surface area contributed by atoms with E-state index in [4.69, 9.17) is 0 Å². The molecule has 0 fully saturated rings. The lowest BCUT2D eigenvalue weighted by Gasteiger charge is -1.87. The standard InChI is InChI=1S/C9H7N3O/c1-10-9(13)8-6-7-4-2-3-5-12(7)11-8/h2-6H,1H2. The van der Waals surface area contributed by atoms with E-state index in [-0.39, 0.29) is 0 Å². The molecule has 2 heterocycles. The molecule has 0 bridgehead atoms. The van der Waals surface area contributed by atoms with Gasteiger partial charge in [0, 0.05) is 6.20 Å². The molecule has 4 nitrogen and oxygen atoms in total. The van der Waals surface area contributed by atoms with Crippen LogP contribution in [0.4, 0.5) is 0 Å². The van der Waals surface area contributed by atoms with Crippen molar-refractivity contribution >= 4 is 18.1 Å². The highest BCUT2D eigenvalue weighted by Crippen LogP contribution is 2.06. The van der Waals surface area contributed by atoms with Gasteiger partial charge in [-0.05, 0) is 24.9 Å². The highest BCUT2D eigenvalue weighted by atomic mass is 16.1. The van der Waals surface area contributed by atoms with Crippen molar-refractivity contribution < 1.29 is 4.79 Å². The van der Waals surface area contributed by atoms with E-state index >= 15 is 0 Å². The van der Waals surface area contributed by atoms with Crippen molar-refractivity contribution in [3.05, 3.63) is 36.2 Å². The third-order valence-electron chi connectivity index (χ3n) is 1.73. The first-order valence-corrected chi connectivity index (χ1v) is 3.77. The molecule has 0 aliphatic heterocycles. The lowest BCUT2D eigenvalue weighted by Crippen LogP contribution is -1.95. The summed E-state index contributed by atoms with van der Waals surface area (Å²) >= 11 is 0. The van der Waals surface area contributed by atoms with Crippen LogP contribution in [0, 0.1) is 0 Å². The quantitative estimate of drug-likeness (QED) is 0.608. The number of aromatic nitrogens is 2. The monoisotopic (exact) mass is 173 g/mol. The number of hydrogen-bond donors (Lipinski definition) is 0. The van der Waals surface area contributed by atoms with Crippen LogP contribution in [0.15, 0.2) is 35.5 Å². The van der Waals surface area contributed by atoms with Crippen molar-refractivity contribution in [3.8, 4) is 0 Å². The number of amides is 1. The zero-order valence-electron chi connectivity index (χ0n) is 6.84. The Morgan fingerprint density at radius 3 is 3.08 bits per heavy atom. The SMILES string of the molecule is C=NC(=O)c1cc2ccccn2n1. The van der Waals surface area contributed by atoms with E-state index in [1.807, 2.05) is 18.2 Å². The molecule has 2 rings (SSSR count). The van der Waals surface area contributed by atoms with Gasteiger partial charge in [-0.2, -0.15) is 5.10 Å². The zero-order chi connectivity index (χ0) is 9.26. The molecule has 2 aromatic rings. The van der Waals surface area contributed by atoms with Gasteiger partial charge >= 0.3 is 0 Å². The molecule has 0 aliphatic carbocycles. The van der Waals surface area contributed by atoms with E-state index in [1.165, 1.54) is 0 Å². The Balaban J connectivity index is 2.62. The average Bonchev–Trinajstić information content (AvgIpc) is 2.59. The van der Waals surface area contributed by atoms with Crippen LogP contribution in [0.1, 0.15) is 10.5 Å². The van der Waals surface area contributed by atoms with Crippen LogP contribution in [-0.4, -0.2) is 22.2 Å². The van der Waals surface area contributed by atoms with Gasteiger partial charge in [-0.25, -0.2) is 9.51 Å². The van der Waals surface area contributed by atoms with Crippen LogP contribution in [0.25, 0.3) is 5.52 Å². The second kappa shape index (κ2) is 2.82. The fourth-order valence-corrected chi connectivity index (χ4v) is 1.12. The number of aliphatic imine (C=N–C) groups is 1. The van der Waals surface area contributed by atoms with E-state index in [2.05, 4.69) is 16.8 Å². The fraction of sp³-hybridized carbons (Fsp3) is 0. The summed E-state index contributed by atoms with van der Waals surface area (Å²) in [5, 5.41) is 4.02. The highest BCUT2D eigenvalue weighted by molar-refractivity contribution is 5.96. The summed E-state index contributed by atoms with van der Waals surface area (Å²) in [6.45, 7) is 3.16. The summed E-state index contributed by atoms with van der Waals surface area (Å²) in [5.41, 5.74) is 1.19. The van der Waals surface area contributed by atoms with Gasteiger partial charge in [0.15, 0.2) is 5.69 Å². The molecule has 0 spiro atoms. The Morgan fingerprint density at radius 1 is 1.54 bits per heavy atom. The van der Waals surface area contributed by atoms with E-state index in [1.54, 1.807) is 16.8 Å². The van der Waals surface area contributed by atoms with E-state index < -0.39 is 5.91 Å². The van der Waals surface area contributed by atoms with Crippen molar-refractivity contribution in [2.75, 3.05) is 0 Å². The topological polar surface area (TPSA) is 46.7 Å². The molecule has 2 aromatic heterocycles. The summed E-state index contributed by atoms with van der Waals surface area (Å²) in [5.74, 6) is -0.399. The number of carbonyl (C=O) groups is 1. The van der Waals surface area contributed by atoms with Crippen molar-refractivity contribution in [3.63, 3.8) is 0 Å². The number of rotatable bonds is 1. The van der Waals surface area contributed by atoms with Crippen LogP contribution >= 0.6 is 0 Å². The van der Waals surface area contributed by atoms with Crippen molar-refractivity contribution in [2.45, 2.75) is 0 Å². The van der Waals surface area contributed by atoms with Gasteiger partial charge in [-0.3, -0.25) is 4.79 Å². The Hall–Kier alpha value is -1.97. The lowest BCUT2D eigenvalue weighted by molar-refractivity contribution is 0.0999. The maximum Gasteiger partial charge on any atom is 0.296 e. The summed E-state index contributed by atoms with van der Waals surface area (Å²) in [4.78, 5) is 14.4. The van der Waals surface area contributed by atoms with E-state index in [9.17, 15) is 4.79 Å². The Bertz CT molecular complexity index is 439. The predicted octanol–water partition coefficient (Wildman–Crippen LogP) is 1.18. The minimum atomic E-state index is -0.399. The van der Waals surface area contributed by atoms with Gasteiger partial charge in [-0.1, -0.05) is 6.07 Å². The first kappa shape index (κ1) is 7.67. The molecular weight excluding hydrogens is 166 g/mol. The Labute approximate surface area is 74.5 Å². The largest absolute Gasteiger partial charge is 0.296 e. The molecule has 13 heavy (non-hydrogen) atoms. The molecule has 0 aromatic carbocycles. The Kier molecular flexibility index (Phi) is 1.66. The third kappa shape index (κ3) is 1.22. The molecular formula is C9H7N3O. The van der Waals surface area contributed by atoms with Gasteiger partial charge in [0.25, 0.3) is 5.91 Å². The lowest BCUT2D eigenvalue weighted by atomic mass is 10.3. The number of hydrogen-bond acceptors (Lipinski definition) is 2. The number of fused-ring (bicyclic) bond motifs is 1. The van der Waals surface area contributed by atoms with Gasteiger partial charge in [0.05, 0.1) is 5.52 Å². The summed E-state index contributed by atoms with van der Waals surface area (Å²) < 4.78 is 1.62. The van der Waals surface area contributed by atoms with E-state index in [0.29, 0.717) is 5.69 Å². The molecule has 64 valence electrons. The second-order valence-corrected chi connectivity index (χ2v) is 2.56. The number of pyridine rings is 1. The van der Waals surface area contributed by atoms with Crippen LogP contribution in [0.2, 0.25) is 0 Å². The average molecular weight is 173 g/mol. The third-order valence-corrected chi connectivity index (χ3v) is 1.73. The van der Waals surface area contributed by atoms with Gasteiger partial charge < -0.3 is 0 Å². The maximum atomic E-state index is 11.1. The molecule has 4 heteroatoms. The second-order valence-electron chi connectivity index (χ2n) is 2.56. The normalized spacial score (nSPS) is 10.2. The first-order valence-electron chi connectivity index (χ1n) is 3.77. The van der Waals surface area contributed by atoms with Gasteiger partial charge in [0.2, 0.25) is 0 Å². The molecule has 0 radical (unpaired) electrons. The minimum absolute atomic E-state index is 0.321. The summed E-state index contributed by atoms with van der Waals surface area (Å²) in [6.07, 6.45) is 1.77. The highest BCUT2D eigenvalue weighted by Gasteiger charge is 2.07. The smallest absolute Gasteiger partial charge is 0.265 e. The van der Waals surface area contributed by atoms with E-state index in [0.717, 1.165) is 5.52 Å². The molecule has 1 amide bonds. The fourth-order valence-electron chi connectivity index (χ4n) is 1.12. The van der Waals surface area contributed by atoms with Crippen molar-refractivity contribution in [1.82, 2.24) is 9.61 Å². The number of nitrogens with zero attached hydrogens (tertiary/aromatic N) is 3. The molecule has 0 atom stereocenters. The number of carbonyl (C=O) groups excluding carboxylic acids is 1.